The third-order valence-corrected chi connectivity index (χ3v) is 7.18. The summed E-state index contributed by atoms with van der Waals surface area (Å²) in [5.74, 6) is 0.732. The molecule has 3 aliphatic rings. The van der Waals surface area contributed by atoms with Crippen LogP contribution in [0.4, 0.5) is 0 Å². The summed E-state index contributed by atoms with van der Waals surface area (Å²) in [5, 5.41) is 4.13. The molecule has 2 N–H and O–H groups in total. The molecule has 0 amide bonds. The molecule has 0 aromatic heterocycles. The third-order valence-electron chi connectivity index (χ3n) is 5.01. The van der Waals surface area contributed by atoms with E-state index in [0.717, 1.165) is 63.7 Å². The van der Waals surface area contributed by atoms with Crippen LogP contribution in [0.15, 0.2) is 0 Å². The summed E-state index contributed by atoms with van der Waals surface area (Å²) in [6, 6.07) is 0.292. The van der Waals surface area contributed by atoms with Gasteiger partial charge in [0.2, 0.25) is 0 Å². The maximum absolute atomic E-state index is 11.6. The van der Waals surface area contributed by atoms with Crippen molar-refractivity contribution in [2.45, 2.75) is 31.4 Å². The van der Waals surface area contributed by atoms with Gasteiger partial charge in [-0.3, -0.25) is 0 Å². The Labute approximate surface area is 138 Å². The van der Waals surface area contributed by atoms with Gasteiger partial charge in [-0.05, 0) is 25.1 Å². The number of nitrogens with zero attached hydrogens (tertiary/aromatic N) is 1. The summed E-state index contributed by atoms with van der Waals surface area (Å²) in [4.78, 5) is 3.64. The molecule has 3 fully saturated rings. The van der Waals surface area contributed by atoms with Gasteiger partial charge in [0.05, 0.1) is 38.0 Å². The van der Waals surface area contributed by atoms with Crippen LogP contribution in [0.2, 0.25) is 0 Å². The lowest BCUT2D eigenvalue weighted by Crippen LogP contribution is -3.18. The SMILES string of the molecule is O=S1(=O)CC[C@@H]([NH+]2CCN(C(=S)NC[C@H]3CCCO3)CC2)C1. The van der Waals surface area contributed by atoms with E-state index < -0.39 is 9.84 Å². The normalized spacial score (nSPS) is 32.3. The van der Waals surface area contributed by atoms with Crippen molar-refractivity contribution in [3.8, 4) is 0 Å². The van der Waals surface area contributed by atoms with Crippen LogP contribution in [-0.2, 0) is 14.6 Å². The van der Waals surface area contributed by atoms with Gasteiger partial charge in [0.15, 0.2) is 14.9 Å². The molecule has 22 heavy (non-hydrogen) atoms. The standard InChI is InChI=1S/C14H25N3O3S2/c18-22(19)9-3-12(11-22)16-4-6-17(7-5-16)14(21)15-10-13-2-1-8-20-13/h12-13H,1-11H2,(H,15,21)/p+1/t12-,13-/m1/s1. The summed E-state index contributed by atoms with van der Waals surface area (Å²) in [7, 11) is -2.78. The van der Waals surface area contributed by atoms with Gasteiger partial charge >= 0.3 is 0 Å². The Bertz CT molecular complexity index is 497. The van der Waals surface area contributed by atoms with E-state index in [1.165, 1.54) is 4.90 Å². The molecular formula is C14H26N3O3S2+. The summed E-state index contributed by atoms with van der Waals surface area (Å²) < 4.78 is 28.8. The maximum Gasteiger partial charge on any atom is 0.169 e. The van der Waals surface area contributed by atoms with Gasteiger partial charge in [-0.25, -0.2) is 8.42 Å². The number of hydrogen-bond acceptors (Lipinski definition) is 4. The highest BCUT2D eigenvalue weighted by Crippen LogP contribution is 2.11. The zero-order valence-corrected chi connectivity index (χ0v) is 14.6. The van der Waals surface area contributed by atoms with Crippen LogP contribution in [0.25, 0.3) is 0 Å². The monoisotopic (exact) mass is 348 g/mol. The van der Waals surface area contributed by atoms with E-state index in [2.05, 4.69) is 10.2 Å². The van der Waals surface area contributed by atoms with E-state index in [1.807, 2.05) is 0 Å². The minimum Gasteiger partial charge on any atom is -0.376 e. The van der Waals surface area contributed by atoms with E-state index in [-0.39, 0.29) is 0 Å². The molecule has 8 heteroatoms. The van der Waals surface area contributed by atoms with Crippen molar-refractivity contribution in [3.63, 3.8) is 0 Å². The van der Waals surface area contributed by atoms with Gasteiger partial charge in [0.1, 0.15) is 11.8 Å². The molecular weight excluding hydrogens is 322 g/mol. The summed E-state index contributed by atoms with van der Waals surface area (Å²) in [5.41, 5.74) is 0. The predicted octanol–water partition coefficient (Wildman–Crippen LogP) is -1.57. The predicted molar refractivity (Wildman–Crippen MR) is 88.9 cm³/mol. The zero-order valence-electron chi connectivity index (χ0n) is 12.9. The van der Waals surface area contributed by atoms with Crippen LogP contribution in [-0.4, -0.2) is 81.4 Å². The van der Waals surface area contributed by atoms with Crippen LogP contribution in [0.3, 0.4) is 0 Å². The fourth-order valence-electron chi connectivity index (χ4n) is 3.64. The Kier molecular flexibility index (Phi) is 5.21. The molecule has 0 unspecified atom stereocenters. The van der Waals surface area contributed by atoms with Crippen molar-refractivity contribution >= 4 is 27.2 Å². The molecule has 3 rings (SSSR count). The number of ether oxygens (including phenoxy) is 1. The Hall–Kier alpha value is -0.440. The first-order chi connectivity index (χ1) is 10.5. The van der Waals surface area contributed by atoms with Crippen LogP contribution in [0, 0.1) is 0 Å². The minimum absolute atomic E-state index is 0.292. The highest BCUT2D eigenvalue weighted by molar-refractivity contribution is 7.91. The Morgan fingerprint density at radius 3 is 2.68 bits per heavy atom. The Balaban J connectivity index is 1.40. The van der Waals surface area contributed by atoms with Gasteiger partial charge < -0.3 is 19.9 Å². The minimum atomic E-state index is -2.78. The van der Waals surface area contributed by atoms with E-state index in [1.54, 1.807) is 0 Å². The van der Waals surface area contributed by atoms with E-state index >= 15 is 0 Å². The summed E-state index contributed by atoms with van der Waals surface area (Å²) >= 11 is 5.47. The topological polar surface area (TPSA) is 63.1 Å². The lowest BCUT2D eigenvalue weighted by molar-refractivity contribution is -0.925. The molecule has 0 spiro atoms. The van der Waals surface area contributed by atoms with E-state index in [9.17, 15) is 8.42 Å². The molecule has 0 radical (unpaired) electrons. The summed E-state index contributed by atoms with van der Waals surface area (Å²) in [6.07, 6.45) is 3.38. The lowest BCUT2D eigenvalue weighted by atomic mass is 10.2. The highest BCUT2D eigenvalue weighted by atomic mass is 32.2. The van der Waals surface area contributed by atoms with Crippen molar-refractivity contribution < 1.29 is 18.1 Å². The van der Waals surface area contributed by atoms with Gasteiger partial charge in [-0.15, -0.1) is 0 Å². The Morgan fingerprint density at radius 1 is 1.32 bits per heavy atom. The molecule has 3 heterocycles. The molecule has 6 nitrogen and oxygen atoms in total. The number of piperazine rings is 1. The van der Waals surface area contributed by atoms with Crippen molar-refractivity contribution in [2.75, 3.05) is 50.8 Å². The number of nitrogens with one attached hydrogen (secondary N) is 2. The number of rotatable bonds is 3. The molecule has 0 aromatic rings. The number of thiocarbonyl (C=S) groups is 1. The average molecular weight is 349 g/mol. The second kappa shape index (κ2) is 6.98. The number of quaternary nitrogens is 1. The Morgan fingerprint density at radius 2 is 2.09 bits per heavy atom. The van der Waals surface area contributed by atoms with Gasteiger partial charge in [-0.2, -0.15) is 0 Å². The van der Waals surface area contributed by atoms with Gasteiger partial charge in [0.25, 0.3) is 0 Å². The quantitative estimate of drug-likeness (QED) is 0.601. The molecule has 0 aromatic carbocycles. The fourth-order valence-corrected chi connectivity index (χ4v) is 5.73. The fraction of sp³-hybridized carbons (Fsp3) is 0.929. The summed E-state index contributed by atoms with van der Waals surface area (Å²) in [6.45, 7) is 5.43. The second-order valence-electron chi connectivity index (χ2n) is 6.57. The number of sulfone groups is 1. The highest BCUT2D eigenvalue weighted by Gasteiger charge is 2.37. The molecule has 126 valence electrons. The van der Waals surface area contributed by atoms with Crippen molar-refractivity contribution in [1.29, 1.82) is 0 Å². The largest absolute Gasteiger partial charge is 0.376 e. The molecule has 0 aliphatic carbocycles. The van der Waals surface area contributed by atoms with Crippen molar-refractivity contribution in [3.05, 3.63) is 0 Å². The molecule has 2 atom stereocenters. The first-order valence-electron chi connectivity index (χ1n) is 8.23. The van der Waals surface area contributed by atoms with Crippen LogP contribution in [0.5, 0.6) is 0 Å². The van der Waals surface area contributed by atoms with Gasteiger partial charge in [0, 0.05) is 19.6 Å². The van der Waals surface area contributed by atoms with Crippen LogP contribution >= 0.6 is 12.2 Å². The average Bonchev–Trinajstić information content (AvgIpc) is 3.14. The van der Waals surface area contributed by atoms with Gasteiger partial charge in [-0.1, -0.05) is 0 Å². The maximum atomic E-state index is 11.6. The molecule has 3 aliphatic heterocycles. The van der Waals surface area contributed by atoms with Crippen molar-refractivity contribution in [1.82, 2.24) is 10.2 Å². The second-order valence-corrected chi connectivity index (χ2v) is 9.18. The number of hydrogen-bond donors (Lipinski definition) is 2. The first-order valence-corrected chi connectivity index (χ1v) is 10.5. The molecule has 0 bridgehead atoms. The zero-order chi connectivity index (χ0) is 15.6. The first kappa shape index (κ1) is 16.4. The van der Waals surface area contributed by atoms with Crippen LogP contribution in [0.1, 0.15) is 19.3 Å². The molecule has 0 saturated carbocycles. The van der Waals surface area contributed by atoms with Crippen molar-refractivity contribution in [2.24, 2.45) is 0 Å². The smallest absolute Gasteiger partial charge is 0.169 e. The lowest BCUT2D eigenvalue weighted by Gasteiger charge is -2.36. The third kappa shape index (κ3) is 4.10. The van der Waals surface area contributed by atoms with Crippen LogP contribution < -0.4 is 10.2 Å². The van der Waals surface area contributed by atoms with E-state index in [4.69, 9.17) is 17.0 Å². The van der Waals surface area contributed by atoms with E-state index in [0.29, 0.717) is 23.7 Å². The molecule has 3 saturated heterocycles.